The van der Waals surface area contributed by atoms with E-state index in [-0.39, 0.29) is 20.1 Å². The largest absolute Gasteiger partial charge is 0.338 e. The first-order valence-corrected chi connectivity index (χ1v) is 4.94. The molecule has 0 aliphatic rings. The van der Waals surface area contributed by atoms with Crippen molar-refractivity contribution in [3.63, 3.8) is 0 Å². The Balaban J connectivity index is 0.000000963. The molecule has 3 aromatic rings. The van der Waals surface area contributed by atoms with Crippen molar-refractivity contribution < 1.29 is 20.1 Å². The van der Waals surface area contributed by atoms with Crippen LogP contribution >= 0.6 is 0 Å². The molecule has 0 unspecified atom stereocenters. The molecule has 3 rings (SSSR count). The third-order valence-corrected chi connectivity index (χ3v) is 2.44. The Labute approximate surface area is 107 Å². The second-order valence-corrected chi connectivity index (χ2v) is 3.47. The van der Waals surface area contributed by atoms with E-state index in [1.54, 1.807) is 0 Å². The smallest absolute Gasteiger partial charge is 0.138 e. The minimum absolute atomic E-state index is 0. The number of imidazole rings is 1. The van der Waals surface area contributed by atoms with E-state index < -0.39 is 0 Å². The third kappa shape index (κ3) is 1.92. The minimum atomic E-state index is 0. The molecule has 0 bridgehead atoms. The summed E-state index contributed by atoms with van der Waals surface area (Å²) in [6.45, 7) is 0. The van der Waals surface area contributed by atoms with Gasteiger partial charge in [-0.05, 0) is 12.1 Å². The Morgan fingerprint density at radius 2 is 1.50 bits per heavy atom. The summed E-state index contributed by atoms with van der Waals surface area (Å²) in [4.78, 5) is 7.83. The van der Waals surface area contributed by atoms with Crippen molar-refractivity contribution in [2.75, 3.05) is 0 Å². The molecule has 0 atom stereocenters. The molecule has 3 heteroatoms. The molecule has 0 aliphatic heterocycles. The van der Waals surface area contributed by atoms with Crippen LogP contribution < -0.4 is 0 Å². The Kier molecular flexibility index (Phi) is 3.18. The van der Waals surface area contributed by atoms with Crippen LogP contribution in [0.15, 0.2) is 54.6 Å². The van der Waals surface area contributed by atoms with Gasteiger partial charge in [-0.25, -0.2) is 4.98 Å². The van der Waals surface area contributed by atoms with Crippen molar-refractivity contribution in [1.29, 1.82) is 0 Å². The zero-order valence-electron chi connectivity index (χ0n) is 8.48. The van der Waals surface area contributed by atoms with Gasteiger partial charge < -0.3 is 4.98 Å². The monoisotopic (exact) mass is 387 g/mol. The molecule has 0 saturated carbocycles. The molecule has 1 N–H and O–H groups in total. The number of hydrogen-bond donors (Lipinski definition) is 1. The van der Waals surface area contributed by atoms with Crippen LogP contribution in [0.3, 0.4) is 0 Å². The quantitative estimate of drug-likeness (QED) is 0.684. The summed E-state index contributed by atoms with van der Waals surface area (Å²) < 4.78 is 0. The number of rotatable bonds is 1. The van der Waals surface area contributed by atoms with Gasteiger partial charge in [-0.1, -0.05) is 42.5 Å². The number of aromatic amines is 1. The van der Waals surface area contributed by atoms with Gasteiger partial charge in [0.25, 0.3) is 0 Å². The van der Waals surface area contributed by atoms with E-state index in [0.717, 1.165) is 22.4 Å². The molecular formula is C13H10IrN2. The maximum Gasteiger partial charge on any atom is 0.138 e. The van der Waals surface area contributed by atoms with Gasteiger partial charge in [0.05, 0.1) is 11.0 Å². The predicted molar refractivity (Wildman–Crippen MR) is 61.5 cm³/mol. The first kappa shape index (κ1) is 11.1. The van der Waals surface area contributed by atoms with Crippen molar-refractivity contribution in [3.05, 3.63) is 54.6 Å². The molecule has 0 amide bonds. The van der Waals surface area contributed by atoms with E-state index >= 15 is 0 Å². The van der Waals surface area contributed by atoms with Gasteiger partial charge in [0.15, 0.2) is 0 Å². The summed E-state index contributed by atoms with van der Waals surface area (Å²) >= 11 is 0. The van der Waals surface area contributed by atoms with E-state index in [1.165, 1.54) is 0 Å². The second kappa shape index (κ2) is 4.60. The van der Waals surface area contributed by atoms with Crippen LogP contribution in [0.5, 0.6) is 0 Å². The van der Waals surface area contributed by atoms with Crippen molar-refractivity contribution >= 4 is 11.0 Å². The van der Waals surface area contributed by atoms with Crippen LogP contribution in [0.25, 0.3) is 22.4 Å². The molecule has 81 valence electrons. The molecule has 2 aromatic carbocycles. The standard InChI is InChI=1S/C13H10N2.Ir/c1-2-6-10(7-3-1)13-14-11-8-4-5-9-12(11)15-13;/h1-9H,(H,14,15);. The number of para-hydroxylation sites is 2. The number of benzene rings is 2. The van der Waals surface area contributed by atoms with Gasteiger partial charge in [0.1, 0.15) is 5.82 Å². The van der Waals surface area contributed by atoms with Crippen LogP contribution in [-0.4, -0.2) is 9.97 Å². The Bertz CT molecular complexity index is 554. The van der Waals surface area contributed by atoms with Crippen LogP contribution in [0.2, 0.25) is 0 Å². The molecule has 2 nitrogen and oxygen atoms in total. The van der Waals surface area contributed by atoms with Gasteiger partial charge in [-0.3, -0.25) is 0 Å². The van der Waals surface area contributed by atoms with Crippen molar-refractivity contribution in [3.8, 4) is 11.4 Å². The van der Waals surface area contributed by atoms with Crippen LogP contribution in [0.1, 0.15) is 0 Å². The zero-order valence-corrected chi connectivity index (χ0v) is 10.9. The number of fused-ring (bicyclic) bond motifs is 1. The van der Waals surface area contributed by atoms with E-state index in [1.807, 2.05) is 42.5 Å². The summed E-state index contributed by atoms with van der Waals surface area (Å²) in [6.07, 6.45) is 0. The first-order valence-electron chi connectivity index (χ1n) is 4.94. The minimum Gasteiger partial charge on any atom is -0.338 e. The number of hydrogen-bond acceptors (Lipinski definition) is 1. The fourth-order valence-electron chi connectivity index (χ4n) is 1.69. The maximum absolute atomic E-state index is 4.53. The average molecular weight is 386 g/mol. The topological polar surface area (TPSA) is 28.7 Å². The Morgan fingerprint density at radius 3 is 2.25 bits per heavy atom. The third-order valence-electron chi connectivity index (χ3n) is 2.44. The summed E-state index contributed by atoms with van der Waals surface area (Å²) in [5, 5.41) is 0. The van der Waals surface area contributed by atoms with Gasteiger partial charge in [-0.15, -0.1) is 0 Å². The molecular weight excluding hydrogens is 376 g/mol. The van der Waals surface area contributed by atoms with Gasteiger partial charge in [0, 0.05) is 25.7 Å². The molecule has 0 aliphatic carbocycles. The Hall–Kier alpha value is -1.44. The molecule has 16 heavy (non-hydrogen) atoms. The van der Waals surface area contributed by atoms with Crippen LogP contribution in [0, 0.1) is 0 Å². The molecule has 0 spiro atoms. The molecule has 1 radical (unpaired) electrons. The predicted octanol–water partition coefficient (Wildman–Crippen LogP) is 3.23. The van der Waals surface area contributed by atoms with E-state index in [0.29, 0.717) is 0 Å². The number of nitrogens with zero attached hydrogens (tertiary/aromatic N) is 1. The van der Waals surface area contributed by atoms with Crippen molar-refractivity contribution in [2.24, 2.45) is 0 Å². The molecule has 1 aromatic heterocycles. The van der Waals surface area contributed by atoms with Gasteiger partial charge in [-0.2, -0.15) is 0 Å². The van der Waals surface area contributed by atoms with Crippen LogP contribution in [-0.2, 0) is 20.1 Å². The van der Waals surface area contributed by atoms with E-state index in [2.05, 4.69) is 22.1 Å². The summed E-state index contributed by atoms with van der Waals surface area (Å²) in [5.74, 6) is 0.928. The maximum atomic E-state index is 4.53. The van der Waals surface area contributed by atoms with E-state index in [4.69, 9.17) is 0 Å². The molecule has 0 fully saturated rings. The fraction of sp³-hybridized carbons (Fsp3) is 0. The Morgan fingerprint density at radius 1 is 0.812 bits per heavy atom. The van der Waals surface area contributed by atoms with Crippen molar-refractivity contribution in [1.82, 2.24) is 9.97 Å². The normalized spacial score (nSPS) is 10.0. The van der Waals surface area contributed by atoms with Crippen LogP contribution in [0.4, 0.5) is 0 Å². The molecule has 1 heterocycles. The van der Waals surface area contributed by atoms with Gasteiger partial charge in [0.2, 0.25) is 0 Å². The number of H-pyrrole nitrogens is 1. The summed E-state index contributed by atoms with van der Waals surface area (Å²) in [7, 11) is 0. The summed E-state index contributed by atoms with van der Waals surface area (Å²) in [5.41, 5.74) is 3.21. The SMILES string of the molecule is [Ir].c1ccc(-c2nc3ccccc3[nH]2)cc1. The number of aromatic nitrogens is 2. The van der Waals surface area contributed by atoms with Gasteiger partial charge >= 0.3 is 0 Å². The first-order chi connectivity index (χ1) is 7.43. The fourth-order valence-corrected chi connectivity index (χ4v) is 1.69. The average Bonchev–Trinajstić information content (AvgIpc) is 2.74. The second-order valence-electron chi connectivity index (χ2n) is 3.47. The van der Waals surface area contributed by atoms with Crippen molar-refractivity contribution in [2.45, 2.75) is 0 Å². The zero-order chi connectivity index (χ0) is 10.1. The number of nitrogens with one attached hydrogen (secondary N) is 1. The van der Waals surface area contributed by atoms with E-state index in [9.17, 15) is 0 Å². The molecule has 0 saturated heterocycles. The summed E-state index contributed by atoms with van der Waals surface area (Å²) in [6, 6.07) is 18.2.